The van der Waals surface area contributed by atoms with E-state index in [-0.39, 0.29) is 5.91 Å². The molecule has 160 valence electrons. The second-order valence-corrected chi connectivity index (χ2v) is 8.48. The topological polar surface area (TPSA) is 46.9 Å². The second kappa shape index (κ2) is 11.2. The fourth-order valence-electron chi connectivity index (χ4n) is 3.65. The van der Waals surface area contributed by atoms with Crippen LogP contribution < -0.4 is 5.32 Å². The van der Waals surface area contributed by atoms with E-state index in [2.05, 4.69) is 48.0 Å². The first-order chi connectivity index (χ1) is 14.6. The summed E-state index contributed by atoms with van der Waals surface area (Å²) in [5.74, 6) is 1.84. The maximum absolute atomic E-state index is 12.1. The van der Waals surface area contributed by atoms with Crippen molar-refractivity contribution in [1.82, 2.24) is 14.9 Å². The van der Waals surface area contributed by atoms with Gasteiger partial charge in [0.1, 0.15) is 5.82 Å². The van der Waals surface area contributed by atoms with Crippen molar-refractivity contribution in [3.05, 3.63) is 64.9 Å². The zero-order valence-corrected chi connectivity index (χ0v) is 18.8. The SMILES string of the molecule is CCC(C)Cn1c(CCCCCNC(=O)Cc2ccccc2Cl)nc2ccccc21. The Morgan fingerprint density at radius 2 is 1.87 bits per heavy atom. The number of para-hydroxylation sites is 2. The molecule has 2 aromatic carbocycles. The van der Waals surface area contributed by atoms with Crippen LogP contribution in [0.2, 0.25) is 5.02 Å². The molecule has 3 aromatic rings. The van der Waals surface area contributed by atoms with Crippen LogP contribution in [0.1, 0.15) is 50.9 Å². The molecule has 1 amide bonds. The molecule has 0 aliphatic heterocycles. The predicted octanol–water partition coefficient (Wildman–Crippen LogP) is 5.81. The van der Waals surface area contributed by atoms with Crippen LogP contribution in [0, 0.1) is 5.92 Å². The molecule has 0 radical (unpaired) electrons. The van der Waals surface area contributed by atoms with Gasteiger partial charge in [-0.3, -0.25) is 4.79 Å². The monoisotopic (exact) mass is 425 g/mol. The van der Waals surface area contributed by atoms with Crippen molar-refractivity contribution in [3.8, 4) is 0 Å². The van der Waals surface area contributed by atoms with Gasteiger partial charge < -0.3 is 9.88 Å². The average Bonchev–Trinajstić information content (AvgIpc) is 3.09. The van der Waals surface area contributed by atoms with Crippen LogP contribution in [-0.4, -0.2) is 22.0 Å². The number of fused-ring (bicyclic) bond motifs is 1. The third kappa shape index (κ3) is 6.09. The summed E-state index contributed by atoms with van der Waals surface area (Å²) in [6.45, 7) is 6.25. The minimum absolute atomic E-state index is 0.0263. The molecule has 0 fully saturated rings. The molecule has 4 nitrogen and oxygen atoms in total. The molecule has 3 rings (SSSR count). The van der Waals surface area contributed by atoms with Gasteiger partial charge in [0.15, 0.2) is 0 Å². The highest BCUT2D eigenvalue weighted by Crippen LogP contribution is 2.20. The molecule has 1 unspecified atom stereocenters. The zero-order chi connectivity index (χ0) is 21.3. The van der Waals surface area contributed by atoms with Gasteiger partial charge in [0.2, 0.25) is 5.91 Å². The number of hydrogen-bond acceptors (Lipinski definition) is 2. The quantitative estimate of drug-likeness (QED) is 0.394. The second-order valence-electron chi connectivity index (χ2n) is 8.07. The Balaban J connectivity index is 1.44. The van der Waals surface area contributed by atoms with E-state index in [9.17, 15) is 4.79 Å². The van der Waals surface area contributed by atoms with Crippen molar-refractivity contribution in [2.24, 2.45) is 5.92 Å². The first kappa shape index (κ1) is 22.4. The summed E-state index contributed by atoms with van der Waals surface area (Å²) >= 11 is 6.12. The molecular formula is C25H32ClN3O. The lowest BCUT2D eigenvalue weighted by molar-refractivity contribution is -0.120. The molecule has 0 aliphatic rings. The van der Waals surface area contributed by atoms with Gasteiger partial charge in [-0.1, -0.05) is 68.6 Å². The summed E-state index contributed by atoms with van der Waals surface area (Å²) < 4.78 is 2.40. The van der Waals surface area contributed by atoms with Gasteiger partial charge in [-0.15, -0.1) is 0 Å². The smallest absolute Gasteiger partial charge is 0.224 e. The highest BCUT2D eigenvalue weighted by molar-refractivity contribution is 6.31. The van der Waals surface area contributed by atoms with Gasteiger partial charge in [-0.25, -0.2) is 4.98 Å². The third-order valence-corrected chi connectivity index (χ3v) is 6.00. The van der Waals surface area contributed by atoms with E-state index in [1.54, 1.807) is 0 Å². The summed E-state index contributed by atoms with van der Waals surface area (Å²) in [7, 11) is 0. The maximum Gasteiger partial charge on any atom is 0.224 e. The Morgan fingerprint density at radius 3 is 2.67 bits per heavy atom. The Bertz CT molecular complexity index is 966. The van der Waals surface area contributed by atoms with E-state index >= 15 is 0 Å². The number of rotatable bonds is 11. The molecule has 0 saturated carbocycles. The van der Waals surface area contributed by atoms with Crippen LogP contribution >= 0.6 is 11.6 Å². The Kier molecular flexibility index (Phi) is 8.32. The summed E-state index contributed by atoms with van der Waals surface area (Å²) in [4.78, 5) is 17.0. The Labute approximate surface area is 184 Å². The number of carbonyl (C=O) groups is 1. The lowest BCUT2D eigenvalue weighted by atomic mass is 10.1. The normalized spacial score (nSPS) is 12.2. The molecular weight excluding hydrogens is 394 g/mol. The van der Waals surface area contributed by atoms with E-state index in [1.807, 2.05) is 24.3 Å². The van der Waals surface area contributed by atoms with E-state index in [1.165, 1.54) is 17.8 Å². The number of amides is 1. The van der Waals surface area contributed by atoms with Crippen molar-refractivity contribution in [2.45, 2.75) is 58.9 Å². The van der Waals surface area contributed by atoms with Crippen LogP contribution in [0.5, 0.6) is 0 Å². The molecule has 0 aliphatic carbocycles. The predicted molar refractivity (Wildman–Crippen MR) is 125 cm³/mol. The number of benzene rings is 2. The number of aryl methyl sites for hydroxylation is 1. The highest BCUT2D eigenvalue weighted by atomic mass is 35.5. The minimum atomic E-state index is 0.0263. The number of aromatic nitrogens is 2. The van der Waals surface area contributed by atoms with Crippen molar-refractivity contribution < 1.29 is 4.79 Å². The minimum Gasteiger partial charge on any atom is -0.356 e. The van der Waals surface area contributed by atoms with E-state index < -0.39 is 0 Å². The third-order valence-electron chi connectivity index (χ3n) is 5.63. The first-order valence-electron chi connectivity index (χ1n) is 11.0. The molecule has 1 heterocycles. The van der Waals surface area contributed by atoms with Gasteiger partial charge in [0, 0.05) is 24.5 Å². The summed E-state index contributed by atoms with van der Waals surface area (Å²) in [6, 6.07) is 15.9. The Morgan fingerprint density at radius 1 is 1.10 bits per heavy atom. The molecule has 1 N–H and O–H groups in total. The van der Waals surface area contributed by atoms with Crippen molar-refractivity contribution in [2.75, 3.05) is 6.54 Å². The Hall–Kier alpha value is -2.33. The molecule has 0 bridgehead atoms. The number of nitrogens with zero attached hydrogens (tertiary/aromatic N) is 2. The maximum atomic E-state index is 12.1. The van der Waals surface area contributed by atoms with Crippen LogP contribution in [-0.2, 0) is 24.2 Å². The lowest BCUT2D eigenvalue weighted by Crippen LogP contribution is -2.26. The molecule has 0 saturated heterocycles. The van der Waals surface area contributed by atoms with Crippen LogP contribution in [0.4, 0.5) is 0 Å². The van der Waals surface area contributed by atoms with Crippen LogP contribution in [0.15, 0.2) is 48.5 Å². The molecule has 1 atom stereocenters. The average molecular weight is 426 g/mol. The van der Waals surface area contributed by atoms with Crippen molar-refractivity contribution in [3.63, 3.8) is 0 Å². The number of carbonyl (C=O) groups excluding carboxylic acids is 1. The fourth-order valence-corrected chi connectivity index (χ4v) is 3.85. The standard InChI is InChI=1S/C25H32ClN3O/c1-3-19(2)18-29-23-14-9-8-13-22(23)28-24(29)15-5-4-10-16-27-25(30)17-20-11-6-7-12-21(20)26/h6-9,11-14,19H,3-5,10,15-18H2,1-2H3,(H,27,30). The summed E-state index contributed by atoms with van der Waals surface area (Å²) in [6.07, 6.45) is 5.58. The molecule has 1 aromatic heterocycles. The molecule has 5 heteroatoms. The van der Waals surface area contributed by atoms with Crippen molar-refractivity contribution >= 4 is 28.5 Å². The van der Waals surface area contributed by atoms with Gasteiger partial charge in [-0.2, -0.15) is 0 Å². The van der Waals surface area contributed by atoms with Gasteiger partial charge in [0.25, 0.3) is 0 Å². The molecule has 30 heavy (non-hydrogen) atoms. The zero-order valence-electron chi connectivity index (χ0n) is 18.0. The number of halogens is 1. The van der Waals surface area contributed by atoms with Gasteiger partial charge >= 0.3 is 0 Å². The summed E-state index contributed by atoms with van der Waals surface area (Å²) in [5.41, 5.74) is 3.19. The fraction of sp³-hybridized carbons (Fsp3) is 0.440. The molecule has 0 spiro atoms. The number of unbranched alkanes of at least 4 members (excludes halogenated alkanes) is 2. The van der Waals surface area contributed by atoms with Crippen molar-refractivity contribution in [1.29, 1.82) is 0 Å². The lowest BCUT2D eigenvalue weighted by Gasteiger charge is -2.14. The van der Waals surface area contributed by atoms with Gasteiger partial charge in [0.05, 0.1) is 17.5 Å². The highest BCUT2D eigenvalue weighted by Gasteiger charge is 2.12. The summed E-state index contributed by atoms with van der Waals surface area (Å²) in [5, 5.41) is 3.65. The largest absolute Gasteiger partial charge is 0.356 e. The van der Waals surface area contributed by atoms with E-state index in [0.717, 1.165) is 43.3 Å². The first-order valence-corrected chi connectivity index (χ1v) is 11.4. The van der Waals surface area contributed by atoms with E-state index in [0.29, 0.717) is 23.9 Å². The van der Waals surface area contributed by atoms with Crippen LogP contribution in [0.3, 0.4) is 0 Å². The van der Waals surface area contributed by atoms with Crippen LogP contribution in [0.25, 0.3) is 11.0 Å². The number of imidazole rings is 1. The number of hydrogen-bond donors (Lipinski definition) is 1. The van der Waals surface area contributed by atoms with E-state index in [4.69, 9.17) is 16.6 Å². The number of nitrogens with one attached hydrogen (secondary N) is 1. The van der Waals surface area contributed by atoms with Gasteiger partial charge in [-0.05, 0) is 42.5 Å².